The van der Waals surface area contributed by atoms with E-state index in [-0.39, 0.29) is 19.5 Å². The van der Waals surface area contributed by atoms with Gasteiger partial charge in [0.2, 0.25) is 5.72 Å². The van der Waals surface area contributed by atoms with Crippen molar-refractivity contribution < 1.29 is 29.3 Å². The van der Waals surface area contributed by atoms with Crippen LogP contribution in [0.5, 0.6) is 0 Å². The average Bonchev–Trinajstić information content (AvgIpc) is 2.93. The van der Waals surface area contributed by atoms with Crippen LogP contribution in [0, 0.1) is 24.7 Å². The van der Waals surface area contributed by atoms with Crippen molar-refractivity contribution in [2.75, 3.05) is 13.1 Å². The maximum atomic E-state index is 12.4. The second-order valence-corrected chi connectivity index (χ2v) is 6.06. The fraction of sp³-hybridized carbons (Fsp3) is 0.368. The molecule has 1 aromatic rings. The van der Waals surface area contributed by atoms with Gasteiger partial charge in [-0.05, 0) is 5.56 Å². The first-order valence-electron chi connectivity index (χ1n) is 7.95. The highest BCUT2D eigenvalue weighted by Gasteiger charge is 2.59. The van der Waals surface area contributed by atoms with Gasteiger partial charge in [-0.3, -0.25) is 0 Å². The monoisotopic (exact) mass is 355 g/mol. The smallest absolute Gasteiger partial charge is 0.340 e. The number of rotatable bonds is 3. The molecule has 26 heavy (non-hydrogen) atoms. The summed E-state index contributed by atoms with van der Waals surface area (Å²) in [6, 6.07) is 7.07. The van der Waals surface area contributed by atoms with Gasteiger partial charge in [0.25, 0.3) is 0 Å². The molecule has 1 aromatic carbocycles. The predicted octanol–water partition coefficient (Wildman–Crippen LogP) is -0.846. The topological polar surface area (TPSA) is 96.3 Å². The Balaban J connectivity index is 2.20. The van der Waals surface area contributed by atoms with Gasteiger partial charge in [-0.25, -0.2) is 14.5 Å². The molecule has 1 saturated heterocycles. The van der Waals surface area contributed by atoms with Gasteiger partial charge in [0.15, 0.2) is 18.3 Å². The maximum Gasteiger partial charge on any atom is 0.340 e. The zero-order chi connectivity index (χ0) is 18.9. The van der Waals surface area contributed by atoms with Crippen LogP contribution in [0.2, 0.25) is 0 Å². The molecule has 3 rings (SSSR count). The highest BCUT2D eigenvalue weighted by atomic mass is 16.6. The van der Waals surface area contributed by atoms with Gasteiger partial charge in [-0.15, -0.1) is 12.8 Å². The number of carbonyl (C=O) groups excluding carboxylic acids is 2. The van der Waals surface area contributed by atoms with Crippen molar-refractivity contribution in [2.45, 2.75) is 30.5 Å². The molecule has 1 fully saturated rings. The lowest BCUT2D eigenvalue weighted by molar-refractivity contribution is -0.244. The molecule has 1 aliphatic heterocycles. The number of benzene rings is 1. The Labute approximate surface area is 150 Å². The molecule has 4 atom stereocenters. The summed E-state index contributed by atoms with van der Waals surface area (Å²) >= 11 is 0. The van der Waals surface area contributed by atoms with Crippen LogP contribution < -0.4 is 0 Å². The van der Waals surface area contributed by atoms with Crippen LogP contribution in [0.1, 0.15) is 11.1 Å². The third-order valence-electron chi connectivity index (χ3n) is 4.58. The second-order valence-electron chi connectivity index (χ2n) is 6.06. The number of terminal acetylenes is 2. The standard InChI is InChI=1S/C19H17NO6/c1-3-9-20(10-4-2)19-13-8-6-5-7-12(13)11-14(19)25-17(23)15(21)16(22)18(24)26-19/h1-2,5-8,14-16,21-22H,9-11H2. The van der Waals surface area contributed by atoms with E-state index in [0.717, 1.165) is 5.56 Å². The van der Waals surface area contributed by atoms with Crippen LogP contribution in [0.15, 0.2) is 24.3 Å². The first-order valence-corrected chi connectivity index (χ1v) is 7.95. The third-order valence-corrected chi connectivity index (χ3v) is 4.58. The predicted molar refractivity (Wildman–Crippen MR) is 89.0 cm³/mol. The van der Waals surface area contributed by atoms with Crippen molar-refractivity contribution in [1.82, 2.24) is 4.90 Å². The summed E-state index contributed by atoms with van der Waals surface area (Å²) < 4.78 is 11.0. The number of ether oxygens (including phenoxy) is 2. The Bertz CT molecular complexity index is 806. The van der Waals surface area contributed by atoms with E-state index in [2.05, 4.69) is 11.8 Å². The summed E-state index contributed by atoms with van der Waals surface area (Å²) in [6.45, 7) is 0.0248. The van der Waals surface area contributed by atoms with E-state index >= 15 is 0 Å². The molecule has 134 valence electrons. The summed E-state index contributed by atoms with van der Waals surface area (Å²) in [7, 11) is 0. The van der Waals surface area contributed by atoms with Gasteiger partial charge in [-0.2, -0.15) is 0 Å². The Kier molecular flexibility index (Phi) is 4.71. The summed E-state index contributed by atoms with van der Waals surface area (Å²) in [5.74, 6) is 2.64. The van der Waals surface area contributed by atoms with E-state index in [4.69, 9.17) is 22.3 Å². The molecule has 7 heteroatoms. The van der Waals surface area contributed by atoms with E-state index in [1.807, 2.05) is 0 Å². The second kappa shape index (κ2) is 6.81. The number of nitrogens with zero attached hydrogens (tertiary/aromatic N) is 1. The maximum absolute atomic E-state index is 12.4. The first-order chi connectivity index (χ1) is 12.5. The number of esters is 2. The molecular formula is C19H17NO6. The molecule has 4 unspecified atom stereocenters. The fourth-order valence-electron chi connectivity index (χ4n) is 3.43. The van der Waals surface area contributed by atoms with E-state index in [1.165, 1.54) is 4.90 Å². The van der Waals surface area contributed by atoms with Crippen molar-refractivity contribution >= 4 is 11.9 Å². The van der Waals surface area contributed by atoms with Crippen molar-refractivity contribution in [2.24, 2.45) is 0 Å². The lowest BCUT2D eigenvalue weighted by Crippen LogP contribution is -2.61. The molecule has 7 nitrogen and oxygen atoms in total. The molecule has 2 aliphatic rings. The molecule has 1 heterocycles. The molecule has 0 radical (unpaired) electrons. The largest absolute Gasteiger partial charge is 0.454 e. The number of hydrogen-bond acceptors (Lipinski definition) is 7. The van der Waals surface area contributed by atoms with Crippen molar-refractivity contribution in [3.8, 4) is 24.7 Å². The average molecular weight is 355 g/mol. The number of hydrogen-bond donors (Lipinski definition) is 2. The molecule has 2 N–H and O–H groups in total. The Hall–Kier alpha value is -2.84. The molecule has 0 bridgehead atoms. The van der Waals surface area contributed by atoms with Crippen molar-refractivity contribution in [3.05, 3.63) is 35.4 Å². The highest BCUT2D eigenvalue weighted by Crippen LogP contribution is 2.45. The van der Waals surface area contributed by atoms with Gasteiger partial charge in [-0.1, -0.05) is 36.1 Å². The van der Waals surface area contributed by atoms with Crippen LogP contribution in [-0.4, -0.2) is 58.5 Å². The van der Waals surface area contributed by atoms with Crippen molar-refractivity contribution in [1.29, 1.82) is 0 Å². The minimum absolute atomic E-state index is 0.0124. The van der Waals surface area contributed by atoms with Crippen molar-refractivity contribution in [3.63, 3.8) is 0 Å². The van der Waals surface area contributed by atoms with Crippen LogP contribution in [0.4, 0.5) is 0 Å². The fourth-order valence-corrected chi connectivity index (χ4v) is 3.43. The summed E-state index contributed by atoms with van der Waals surface area (Å²) in [5.41, 5.74) is -0.230. The number of fused-ring (bicyclic) bond motifs is 3. The molecule has 0 amide bonds. The number of aliphatic hydroxyl groups is 2. The Morgan fingerprint density at radius 2 is 1.73 bits per heavy atom. The summed E-state index contributed by atoms with van der Waals surface area (Å²) in [6.07, 6.45) is 6.06. The van der Waals surface area contributed by atoms with E-state index in [1.54, 1.807) is 24.3 Å². The first kappa shape index (κ1) is 18.0. The zero-order valence-electron chi connectivity index (χ0n) is 13.8. The van der Waals surface area contributed by atoms with Gasteiger partial charge >= 0.3 is 11.9 Å². The van der Waals surface area contributed by atoms with E-state index in [0.29, 0.717) is 5.56 Å². The van der Waals surface area contributed by atoms with Gasteiger partial charge in [0, 0.05) is 12.0 Å². The van der Waals surface area contributed by atoms with Crippen LogP contribution in [-0.2, 0) is 31.2 Å². The van der Waals surface area contributed by atoms with E-state index in [9.17, 15) is 19.8 Å². The molecular weight excluding hydrogens is 338 g/mol. The number of carbonyl (C=O) groups is 2. The normalized spacial score (nSPS) is 30.1. The summed E-state index contributed by atoms with van der Waals surface area (Å²) in [4.78, 5) is 26.1. The quantitative estimate of drug-likeness (QED) is 0.539. The van der Waals surface area contributed by atoms with Crippen LogP contribution in [0.25, 0.3) is 0 Å². The van der Waals surface area contributed by atoms with Crippen LogP contribution in [0.3, 0.4) is 0 Å². The Morgan fingerprint density at radius 1 is 1.12 bits per heavy atom. The zero-order valence-corrected chi connectivity index (χ0v) is 13.8. The molecule has 1 aliphatic carbocycles. The lowest BCUT2D eigenvalue weighted by atomic mass is 9.99. The number of aliphatic hydroxyl groups excluding tert-OH is 2. The van der Waals surface area contributed by atoms with Gasteiger partial charge in [0.1, 0.15) is 0 Å². The Morgan fingerprint density at radius 3 is 2.38 bits per heavy atom. The summed E-state index contributed by atoms with van der Waals surface area (Å²) in [5, 5.41) is 19.7. The highest BCUT2D eigenvalue weighted by molar-refractivity contribution is 5.86. The van der Waals surface area contributed by atoms with E-state index < -0.39 is 36.0 Å². The third kappa shape index (κ3) is 2.63. The molecule has 0 spiro atoms. The SMILES string of the molecule is C#CCN(CC#C)C12OC(=O)C(O)C(O)C(=O)OC1Cc1ccccc12. The van der Waals surface area contributed by atoms with Gasteiger partial charge < -0.3 is 19.7 Å². The minimum atomic E-state index is -2.08. The van der Waals surface area contributed by atoms with Gasteiger partial charge in [0.05, 0.1) is 13.1 Å². The minimum Gasteiger partial charge on any atom is -0.454 e. The molecule has 0 saturated carbocycles. The molecule has 0 aromatic heterocycles. The lowest BCUT2D eigenvalue weighted by Gasteiger charge is -2.44. The van der Waals surface area contributed by atoms with Crippen LogP contribution >= 0.6 is 0 Å².